The summed E-state index contributed by atoms with van der Waals surface area (Å²) in [6.45, 7) is 0. The standard InChI is InChI=1S/C25H17BrClN3O4/c1-32-21-11-15(18(27)12-22(21)33-2)13-28-30-24(29-19-6-4-3-5-17(19)25(30)31)23-10-14-9-16(26)7-8-20(14)34-23/h3-13H,1-2H3. The van der Waals surface area contributed by atoms with Crippen LogP contribution in [0.25, 0.3) is 33.5 Å². The van der Waals surface area contributed by atoms with Crippen LogP contribution in [0.3, 0.4) is 0 Å². The van der Waals surface area contributed by atoms with E-state index in [2.05, 4.69) is 26.0 Å². The van der Waals surface area contributed by atoms with Gasteiger partial charge in [0.2, 0.25) is 5.82 Å². The van der Waals surface area contributed by atoms with E-state index in [9.17, 15) is 4.79 Å². The van der Waals surface area contributed by atoms with E-state index in [4.69, 9.17) is 25.5 Å². The molecule has 5 aromatic rings. The van der Waals surface area contributed by atoms with Crippen molar-refractivity contribution in [1.82, 2.24) is 9.66 Å². The molecule has 7 nitrogen and oxygen atoms in total. The minimum atomic E-state index is -0.338. The van der Waals surface area contributed by atoms with Gasteiger partial charge >= 0.3 is 0 Å². The van der Waals surface area contributed by atoms with Crippen molar-refractivity contribution in [1.29, 1.82) is 0 Å². The van der Waals surface area contributed by atoms with E-state index in [1.54, 1.807) is 30.3 Å². The third-order valence-corrected chi connectivity index (χ3v) is 6.09. The number of furan rings is 1. The van der Waals surface area contributed by atoms with Gasteiger partial charge in [0.05, 0.1) is 36.4 Å². The van der Waals surface area contributed by atoms with Crippen molar-refractivity contribution >= 4 is 55.6 Å². The lowest BCUT2D eigenvalue weighted by Gasteiger charge is -2.10. The maximum Gasteiger partial charge on any atom is 0.282 e. The predicted octanol–water partition coefficient (Wildman–Crippen LogP) is 6.13. The summed E-state index contributed by atoms with van der Waals surface area (Å²) < 4.78 is 18.8. The first-order valence-corrected chi connectivity index (χ1v) is 11.3. The van der Waals surface area contributed by atoms with Gasteiger partial charge in [-0.05, 0) is 42.5 Å². The second-order valence-electron chi connectivity index (χ2n) is 7.34. The zero-order valence-electron chi connectivity index (χ0n) is 18.1. The molecule has 0 saturated heterocycles. The van der Waals surface area contributed by atoms with Crippen LogP contribution in [0.2, 0.25) is 5.02 Å². The Kier molecular flexibility index (Phi) is 5.85. The summed E-state index contributed by atoms with van der Waals surface area (Å²) >= 11 is 9.88. The molecular formula is C25H17BrClN3O4. The summed E-state index contributed by atoms with van der Waals surface area (Å²) in [5, 5.41) is 6.13. The molecule has 0 N–H and O–H groups in total. The normalized spacial score (nSPS) is 11.5. The molecular weight excluding hydrogens is 522 g/mol. The molecule has 0 bridgehead atoms. The molecule has 9 heteroatoms. The summed E-state index contributed by atoms with van der Waals surface area (Å²) in [5.74, 6) is 1.65. The van der Waals surface area contributed by atoms with Crippen LogP contribution in [-0.2, 0) is 0 Å². The maximum absolute atomic E-state index is 13.4. The highest BCUT2D eigenvalue weighted by molar-refractivity contribution is 9.10. The Labute approximate surface area is 207 Å². The number of rotatable bonds is 5. The van der Waals surface area contributed by atoms with Crippen LogP contribution < -0.4 is 15.0 Å². The van der Waals surface area contributed by atoms with E-state index in [0.29, 0.717) is 44.3 Å². The SMILES string of the molecule is COc1cc(Cl)c(C=Nn2c(-c3cc4cc(Br)ccc4o3)nc3ccccc3c2=O)cc1OC. The number of halogens is 2. The van der Waals surface area contributed by atoms with Gasteiger partial charge in [-0.1, -0.05) is 39.7 Å². The molecule has 0 atom stereocenters. The number of fused-ring (bicyclic) bond motifs is 2. The van der Waals surface area contributed by atoms with Crippen LogP contribution in [0.5, 0.6) is 11.5 Å². The molecule has 0 spiro atoms. The van der Waals surface area contributed by atoms with Crippen molar-refractivity contribution in [3.8, 4) is 23.1 Å². The molecule has 0 unspecified atom stereocenters. The van der Waals surface area contributed by atoms with Crippen LogP contribution >= 0.6 is 27.5 Å². The van der Waals surface area contributed by atoms with Gasteiger partial charge in [0.1, 0.15) is 5.58 Å². The highest BCUT2D eigenvalue weighted by atomic mass is 79.9. The van der Waals surface area contributed by atoms with Gasteiger partial charge in [-0.3, -0.25) is 4.79 Å². The highest BCUT2D eigenvalue weighted by Crippen LogP contribution is 2.33. The van der Waals surface area contributed by atoms with Crippen molar-refractivity contribution in [2.24, 2.45) is 5.10 Å². The Hall–Kier alpha value is -3.62. The van der Waals surface area contributed by atoms with Gasteiger partial charge in [0, 0.05) is 21.5 Å². The number of para-hydroxylation sites is 1. The van der Waals surface area contributed by atoms with Gasteiger partial charge in [-0.25, -0.2) is 4.98 Å². The molecule has 0 aliphatic rings. The Morgan fingerprint density at radius 3 is 2.62 bits per heavy atom. The van der Waals surface area contributed by atoms with Crippen molar-refractivity contribution in [2.45, 2.75) is 0 Å². The smallest absolute Gasteiger partial charge is 0.282 e. The van der Waals surface area contributed by atoms with Crippen molar-refractivity contribution in [2.75, 3.05) is 14.2 Å². The molecule has 0 aliphatic heterocycles. The lowest BCUT2D eigenvalue weighted by atomic mass is 10.2. The van der Waals surface area contributed by atoms with E-state index < -0.39 is 0 Å². The Balaban J connectivity index is 1.71. The first kappa shape index (κ1) is 22.2. The van der Waals surface area contributed by atoms with Gasteiger partial charge in [-0.2, -0.15) is 9.78 Å². The van der Waals surface area contributed by atoms with Crippen LogP contribution in [0.15, 0.2) is 79.4 Å². The van der Waals surface area contributed by atoms with Gasteiger partial charge in [0.15, 0.2) is 17.3 Å². The molecule has 5 rings (SSSR count). The number of hydrogen-bond acceptors (Lipinski definition) is 6. The summed E-state index contributed by atoms with van der Waals surface area (Å²) in [6.07, 6.45) is 1.48. The van der Waals surface area contributed by atoms with Crippen molar-refractivity contribution < 1.29 is 13.9 Å². The van der Waals surface area contributed by atoms with E-state index in [0.717, 1.165) is 9.86 Å². The number of benzene rings is 3. The van der Waals surface area contributed by atoms with Crippen LogP contribution in [0, 0.1) is 0 Å². The first-order valence-electron chi connectivity index (χ1n) is 10.2. The van der Waals surface area contributed by atoms with Gasteiger partial charge in [-0.15, -0.1) is 0 Å². The third kappa shape index (κ3) is 3.95. The van der Waals surface area contributed by atoms with E-state index in [-0.39, 0.29) is 11.4 Å². The zero-order valence-corrected chi connectivity index (χ0v) is 20.4. The Bertz CT molecular complexity index is 1640. The van der Waals surface area contributed by atoms with Gasteiger partial charge < -0.3 is 13.9 Å². The number of nitrogens with zero attached hydrogens (tertiary/aromatic N) is 3. The van der Waals surface area contributed by atoms with Crippen LogP contribution in [0.1, 0.15) is 5.56 Å². The minimum Gasteiger partial charge on any atom is -0.493 e. The summed E-state index contributed by atoms with van der Waals surface area (Å²) in [7, 11) is 3.06. The molecule has 170 valence electrons. The number of ether oxygens (including phenoxy) is 2. The molecule has 0 amide bonds. The molecule has 0 fully saturated rings. The molecule has 0 saturated carbocycles. The number of hydrogen-bond donors (Lipinski definition) is 0. The lowest BCUT2D eigenvalue weighted by Crippen LogP contribution is -2.20. The summed E-state index contributed by atoms with van der Waals surface area (Å²) in [4.78, 5) is 18.1. The second-order valence-corrected chi connectivity index (χ2v) is 8.66. The Morgan fingerprint density at radius 1 is 1.06 bits per heavy atom. The predicted molar refractivity (Wildman–Crippen MR) is 136 cm³/mol. The third-order valence-electron chi connectivity index (χ3n) is 5.27. The molecule has 0 radical (unpaired) electrons. The maximum atomic E-state index is 13.4. The van der Waals surface area contributed by atoms with Crippen molar-refractivity contribution in [3.05, 3.63) is 86.1 Å². The largest absolute Gasteiger partial charge is 0.493 e. The molecule has 2 aromatic heterocycles. The van der Waals surface area contributed by atoms with E-state index in [1.165, 1.54) is 25.1 Å². The Morgan fingerprint density at radius 2 is 1.82 bits per heavy atom. The first-order chi connectivity index (χ1) is 16.5. The lowest BCUT2D eigenvalue weighted by molar-refractivity contribution is 0.355. The average molecular weight is 539 g/mol. The zero-order chi connectivity index (χ0) is 23.8. The summed E-state index contributed by atoms with van der Waals surface area (Å²) in [6, 6.07) is 17.9. The quantitative estimate of drug-likeness (QED) is 0.252. The topological polar surface area (TPSA) is 78.9 Å². The fourth-order valence-corrected chi connectivity index (χ4v) is 4.18. The monoisotopic (exact) mass is 537 g/mol. The summed E-state index contributed by atoms with van der Waals surface area (Å²) in [5.41, 5.74) is 1.41. The number of methoxy groups -OCH3 is 2. The van der Waals surface area contributed by atoms with E-state index in [1.807, 2.05) is 30.3 Å². The van der Waals surface area contributed by atoms with Crippen molar-refractivity contribution in [3.63, 3.8) is 0 Å². The highest BCUT2D eigenvalue weighted by Gasteiger charge is 2.17. The van der Waals surface area contributed by atoms with Crippen LogP contribution in [-0.4, -0.2) is 30.1 Å². The number of aromatic nitrogens is 2. The molecule has 0 aliphatic carbocycles. The minimum absolute atomic E-state index is 0.267. The van der Waals surface area contributed by atoms with Crippen LogP contribution in [0.4, 0.5) is 0 Å². The molecule has 3 aromatic carbocycles. The second kappa shape index (κ2) is 8.96. The average Bonchev–Trinajstić information content (AvgIpc) is 3.26. The molecule has 34 heavy (non-hydrogen) atoms. The molecule has 2 heterocycles. The fourth-order valence-electron chi connectivity index (χ4n) is 3.60. The van der Waals surface area contributed by atoms with Gasteiger partial charge in [0.25, 0.3) is 5.56 Å². The van der Waals surface area contributed by atoms with E-state index >= 15 is 0 Å². The fraction of sp³-hybridized carbons (Fsp3) is 0.0800.